The van der Waals surface area contributed by atoms with E-state index in [1.165, 1.54) is 12.1 Å². The van der Waals surface area contributed by atoms with Gasteiger partial charge in [-0.3, -0.25) is 4.79 Å². The number of rotatable bonds is 2. The summed E-state index contributed by atoms with van der Waals surface area (Å²) in [7, 11) is 0. The van der Waals surface area contributed by atoms with Gasteiger partial charge in [0.1, 0.15) is 0 Å². The van der Waals surface area contributed by atoms with Crippen molar-refractivity contribution in [2.24, 2.45) is 0 Å². The van der Waals surface area contributed by atoms with Crippen molar-refractivity contribution in [3.8, 4) is 0 Å². The van der Waals surface area contributed by atoms with E-state index in [0.717, 1.165) is 0 Å². The van der Waals surface area contributed by atoms with E-state index < -0.39 is 17.4 Å². The summed E-state index contributed by atoms with van der Waals surface area (Å²) in [5.41, 5.74) is 0.233. The van der Waals surface area contributed by atoms with E-state index in [0.29, 0.717) is 11.1 Å². The first-order valence-corrected chi connectivity index (χ1v) is 5.42. The molecule has 0 bridgehead atoms. The van der Waals surface area contributed by atoms with Crippen molar-refractivity contribution in [3.05, 3.63) is 47.0 Å². The van der Waals surface area contributed by atoms with Gasteiger partial charge in [-0.25, -0.2) is 4.79 Å². The van der Waals surface area contributed by atoms with Gasteiger partial charge in [-0.15, -0.1) is 0 Å². The number of carboxylic acid groups (broad SMARTS) is 1. The molecule has 0 saturated heterocycles. The van der Waals surface area contributed by atoms with E-state index in [9.17, 15) is 14.7 Å². The Morgan fingerprint density at radius 3 is 2.50 bits per heavy atom. The molecule has 1 aromatic rings. The van der Waals surface area contributed by atoms with Crippen LogP contribution in [-0.2, 0) is 4.79 Å². The number of Topliss-reactive ketones (excluding diaryl/α,β-unsaturated/α-hetero) is 1. The average molecular weight is 244 g/mol. The Kier molecular flexibility index (Phi) is 2.88. The molecule has 0 aliphatic heterocycles. The second-order valence-corrected chi connectivity index (χ2v) is 4.34. The minimum absolute atomic E-state index is 0.124. The molecule has 0 fully saturated rings. The molecular formula is C14H12O4. The van der Waals surface area contributed by atoms with E-state index in [2.05, 4.69) is 0 Å². The quantitative estimate of drug-likeness (QED) is 0.614. The van der Waals surface area contributed by atoms with Crippen LogP contribution < -0.4 is 0 Å². The largest absolute Gasteiger partial charge is 0.475 e. The summed E-state index contributed by atoms with van der Waals surface area (Å²) >= 11 is 0. The minimum atomic E-state index is -1.49. The van der Waals surface area contributed by atoms with Crippen LogP contribution >= 0.6 is 0 Å². The minimum Gasteiger partial charge on any atom is -0.475 e. The van der Waals surface area contributed by atoms with Gasteiger partial charge in [0.15, 0.2) is 0 Å². The van der Waals surface area contributed by atoms with Crippen LogP contribution in [0, 0.1) is 0 Å². The summed E-state index contributed by atoms with van der Waals surface area (Å²) in [6.07, 6.45) is 6.36. The molecule has 0 aromatic heterocycles. The predicted octanol–water partition coefficient (Wildman–Crippen LogP) is 1.74. The van der Waals surface area contributed by atoms with Crippen LogP contribution in [0.3, 0.4) is 0 Å². The first kappa shape index (κ1) is 12.3. The zero-order valence-corrected chi connectivity index (χ0v) is 9.75. The lowest BCUT2D eigenvalue weighted by atomic mass is 9.98. The van der Waals surface area contributed by atoms with Gasteiger partial charge < -0.3 is 10.2 Å². The molecule has 2 rings (SSSR count). The number of aliphatic carboxylic acids is 1. The molecule has 1 aliphatic rings. The van der Waals surface area contributed by atoms with Crippen LogP contribution in [0.5, 0.6) is 0 Å². The Bertz CT molecular complexity index is 579. The van der Waals surface area contributed by atoms with Crippen molar-refractivity contribution >= 4 is 23.9 Å². The number of benzene rings is 1. The van der Waals surface area contributed by atoms with E-state index in [-0.39, 0.29) is 5.56 Å². The maximum atomic E-state index is 11.6. The zero-order valence-electron chi connectivity index (χ0n) is 9.75. The molecule has 1 aromatic carbocycles. The lowest BCUT2D eigenvalue weighted by Crippen LogP contribution is -2.15. The number of hydrogen-bond acceptors (Lipinski definition) is 3. The molecule has 0 saturated carbocycles. The molecule has 4 heteroatoms. The summed E-state index contributed by atoms with van der Waals surface area (Å²) in [6.45, 7) is 1.60. The molecule has 92 valence electrons. The van der Waals surface area contributed by atoms with Gasteiger partial charge in [0, 0.05) is 5.56 Å². The highest BCUT2D eigenvalue weighted by Gasteiger charge is 2.21. The lowest BCUT2D eigenvalue weighted by Gasteiger charge is -2.10. The van der Waals surface area contributed by atoms with Crippen molar-refractivity contribution in [1.82, 2.24) is 0 Å². The fourth-order valence-corrected chi connectivity index (χ4v) is 1.79. The fourth-order valence-electron chi connectivity index (χ4n) is 1.79. The molecule has 18 heavy (non-hydrogen) atoms. The van der Waals surface area contributed by atoms with Crippen LogP contribution in [-0.4, -0.2) is 27.6 Å². The zero-order chi connectivity index (χ0) is 13.3. The normalized spacial score (nSPS) is 21.2. The first-order chi connectivity index (χ1) is 8.41. The Labute approximate surface area is 104 Å². The number of aliphatic hydroxyl groups is 1. The summed E-state index contributed by atoms with van der Waals surface area (Å²) in [5.74, 6) is -2.44. The Balaban J connectivity index is 2.61. The van der Waals surface area contributed by atoms with Gasteiger partial charge in [-0.1, -0.05) is 30.4 Å². The number of carboxylic acids is 1. The maximum Gasteiger partial charge on any atom is 0.377 e. The molecular weight excluding hydrogens is 232 g/mol. The van der Waals surface area contributed by atoms with Crippen LogP contribution in [0.4, 0.5) is 0 Å². The second-order valence-electron chi connectivity index (χ2n) is 4.34. The van der Waals surface area contributed by atoms with E-state index in [1.54, 1.807) is 37.3 Å². The average Bonchev–Trinajstić information content (AvgIpc) is 2.47. The summed E-state index contributed by atoms with van der Waals surface area (Å²) in [4.78, 5) is 22.3. The third-order valence-electron chi connectivity index (χ3n) is 2.77. The number of fused-ring (bicyclic) bond motifs is 1. The highest BCUT2D eigenvalue weighted by Crippen LogP contribution is 2.25. The van der Waals surface area contributed by atoms with Crippen molar-refractivity contribution in [1.29, 1.82) is 0 Å². The molecule has 1 atom stereocenters. The van der Waals surface area contributed by atoms with Gasteiger partial charge in [-0.2, -0.15) is 0 Å². The number of hydrogen-bond donors (Lipinski definition) is 2. The number of ketones is 1. The molecule has 1 aliphatic carbocycles. The summed E-state index contributed by atoms with van der Waals surface area (Å²) in [6, 6.07) is 4.84. The van der Waals surface area contributed by atoms with Crippen LogP contribution in [0.15, 0.2) is 30.4 Å². The Morgan fingerprint density at radius 2 is 1.83 bits per heavy atom. The third kappa shape index (κ3) is 2.24. The van der Waals surface area contributed by atoms with E-state index >= 15 is 0 Å². The van der Waals surface area contributed by atoms with Crippen LogP contribution in [0.25, 0.3) is 12.2 Å². The van der Waals surface area contributed by atoms with E-state index in [4.69, 9.17) is 5.11 Å². The van der Waals surface area contributed by atoms with Crippen molar-refractivity contribution in [2.75, 3.05) is 0 Å². The van der Waals surface area contributed by atoms with Gasteiger partial charge in [0.2, 0.25) is 0 Å². The topological polar surface area (TPSA) is 74.6 Å². The summed E-state index contributed by atoms with van der Waals surface area (Å²) in [5, 5.41) is 18.7. The smallest absolute Gasteiger partial charge is 0.377 e. The molecule has 2 N–H and O–H groups in total. The molecule has 4 nitrogen and oxygen atoms in total. The molecule has 0 spiro atoms. The standard InChI is InChI=1S/C14H12O4/c1-14(18)7-5-9-3-2-4-11(10(9)6-8-14)12(15)13(16)17/h2-8,18H,1H3,(H,16,17). The van der Waals surface area contributed by atoms with Gasteiger partial charge in [0.05, 0.1) is 5.60 Å². The maximum absolute atomic E-state index is 11.6. The number of carbonyl (C=O) groups excluding carboxylic acids is 1. The predicted molar refractivity (Wildman–Crippen MR) is 67.1 cm³/mol. The Morgan fingerprint density at radius 1 is 1.17 bits per heavy atom. The third-order valence-corrected chi connectivity index (χ3v) is 2.77. The van der Waals surface area contributed by atoms with Crippen molar-refractivity contribution in [3.63, 3.8) is 0 Å². The van der Waals surface area contributed by atoms with Gasteiger partial charge in [0.25, 0.3) is 5.78 Å². The van der Waals surface area contributed by atoms with Crippen LogP contribution in [0.1, 0.15) is 28.4 Å². The lowest BCUT2D eigenvalue weighted by molar-refractivity contribution is -0.131. The Hall–Kier alpha value is -2.20. The van der Waals surface area contributed by atoms with Crippen LogP contribution in [0.2, 0.25) is 0 Å². The first-order valence-electron chi connectivity index (χ1n) is 5.42. The molecule has 0 heterocycles. The molecule has 1 unspecified atom stereocenters. The van der Waals surface area contributed by atoms with Crippen molar-refractivity contribution in [2.45, 2.75) is 12.5 Å². The summed E-state index contributed by atoms with van der Waals surface area (Å²) < 4.78 is 0. The molecule has 0 radical (unpaired) electrons. The monoisotopic (exact) mass is 244 g/mol. The van der Waals surface area contributed by atoms with E-state index in [1.807, 2.05) is 0 Å². The SMILES string of the molecule is CC1(O)C=Cc2cccc(C(=O)C(=O)O)c2C=C1. The second kappa shape index (κ2) is 4.23. The number of carbonyl (C=O) groups is 2. The fraction of sp³-hybridized carbons (Fsp3) is 0.143. The van der Waals surface area contributed by atoms with Gasteiger partial charge >= 0.3 is 5.97 Å². The highest BCUT2D eigenvalue weighted by molar-refractivity contribution is 6.40. The highest BCUT2D eigenvalue weighted by atomic mass is 16.4. The van der Waals surface area contributed by atoms with Crippen molar-refractivity contribution < 1.29 is 19.8 Å². The molecule has 0 amide bonds. The van der Waals surface area contributed by atoms with Gasteiger partial charge in [-0.05, 0) is 30.2 Å².